The quantitative estimate of drug-likeness (QED) is 0.301. The second-order valence-corrected chi connectivity index (χ2v) is 19.2. The molecular weight excluding hydrogens is 774 g/mol. The molecule has 57 heavy (non-hydrogen) atoms. The lowest BCUT2D eigenvalue weighted by molar-refractivity contribution is -0.156. The highest BCUT2D eigenvalue weighted by atomic mass is 35.5. The first-order valence-corrected chi connectivity index (χ1v) is 22.3. The van der Waals surface area contributed by atoms with E-state index in [1.54, 1.807) is 18.2 Å². The maximum Gasteiger partial charge on any atom is 0.306 e. The molecule has 4 saturated carbocycles. The molecule has 1 aromatic carbocycles. The van der Waals surface area contributed by atoms with Gasteiger partial charge in [-0.25, -0.2) is 8.42 Å². The third kappa shape index (κ3) is 8.10. The molecule has 1 aromatic heterocycles. The Labute approximate surface area is 336 Å². The molecular formula is C41H50ClN5O9S. The molecule has 14 nitrogen and oxygen atoms in total. The van der Waals surface area contributed by atoms with E-state index in [0.717, 1.165) is 57.8 Å². The van der Waals surface area contributed by atoms with Crippen LogP contribution in [0.2, 0.25) is 5.02 Å². The van der Waals surface area contributed by atoms with Gasteiger partial charge >= 0.3 is 5.97 Å². The Morgan fingerprint density at radius 1 is 0.982 bits per heavy atom. The molecule has 0 spiro atoms. The smallest absolute Gasteiger partial charge is 0.306 e. The van der Waals surface area contributed by atoms with Gasteiger partial charge in [-0.2, -0.15) is 4.98 Å². The Bertz CT molecular complexity index is 2170. The number of nitrogens with zero attached hydrogens (tertiary/aromatic N) is 3. The predicted molar refractivity (Wildman–Crippen MR) is 210 cm³/mol. The fraction of sp³-hybridized carbons (Fsp3) is 0.610. The van der Waals surface area contributed by atoms with Crippen molar-refractivity contribution in [1.29, 1.82) is 0 Å². The number of ether oxygens (including phenoxy) is 2. The van der Waals surface area contributed by atoms with Crippen molar-refractivity contribution in [3.8, 4) is 6.01 Å². The highest BCUT2D eigenvalue weighted by Crippen LogP contribution is 2.46. The highest BCUT2D eigenvalue weighted by molar-refractivity contribution is 7.91. The van der Waals surface area contributed by atoms with Crippen LogP contribution >= 0.6 is 11.6 Å². The molecule has 6 aliphatic rings. The number of amides is 3. The second-order valence-electron chi connectivity index (χ2n) is 16.8. The minimum absolute atomic E-state index is 0.000753. The van der Waals surface area contributed by atoms with Crippen LogP contribution in [0.5, 0.6) is 6.01 Å². The van der Waals surface area contributed by atoms with E-state index < -0.39 is 68.5 Å². The predicted octanol–water partition coefficient (Wildman–Crippen LogP) is 4.33. The van der Waals surface area contributed by atoms with Crippen molar-refractivity contribution in [3.63, 3.8) is 0 Å². The third-order valence-corrected chi connectivity index (χ3v) is 15.0. The van der Waals surface area contributed by atoms with Gasteiger partial charge in [0.1, 0.15) is 23.8 Å². The number of hydrogen-bond acceptors (Lipinski definition) is 10. The maximum atomic E-state index is 14.9. The lowest BCUT2D eigenvalue weighted by Crippen LogP contribution is -2.57. The Balaban J connectivity index is 1.15. The third-order valence-electron chi connectivity index (χ3n) is 13.0. The number of rotatable bonds is 7. The van der Waals surface area contributed by atoms with E-state index in [9.17, 15) is 32.4 Å². The van der Waals surface area contributed by atoms with Gasteiger partial charge in [-0.15, -0.1) is 6.58 Å². The van der Waals surface area contributed by atoms with Crippen molar-refractivity contribution >= 4 is 56.2 Å². The molecule has 0 radical (unpaired) electrons. The summed E-state index contributed by atoms with van der Waals surface area (Å²) in [5.74, 6) is -3.54. The number of hydrogen-bond donors (Lipinski definition) is 2. The van der Waals surface area contributed by atoms with Gasteiger partial charge < -0.3 is 19.7 Å². The van der Waals surface area contributed by atoms with E-state index in [-0.39, 0.29) is 61.9 Å². The van der Waals surface area contributed by atoms with Crippen molar-refractivity contribution in [2.75, 3.05) is 6.54 Å². The van der Waals surface area contributed by atoms with Crippen LogP contribution in [0.3, 0.4) is 0 Å². The van der Waals surface area contributed by atoms with Gasteiger partial charge in [0.2, 0.25) is 21.8 Å². The normalized spacial score (nSPS) is 31.6. The van der Waals surface area contributed by atoms with Gasteiger partial charge in [0, 0.05) is 23.9 Å². The molecule has 3 heterocycles. The first-order chi connectivity index (χ1) is 27.4. The summed E-state index contributed by atoms with van der Waals surface area (Å²) in [6.45, 7) is 3.88. The summed E-state index contributed by atoms with van der Waals surface area (Å²) < 4.78 is 41.8. The van der Waals surface area contributed by atoms with Gasteiger partial charge in [0.05, 0.1) is 35.0 Å². The summed E-state index contributed by atoms with van der Waals surface area (Å²) in [7, 11) is -3.92. The van der Waals surface area contributed by atoms with Crippen LogP contribution in [-0.4, -0.2) is 82.1 Å². The van der Waals surface area contributed by atoms with Crippen LogP contribution in [0.25, 0.3) is 10.9 Å². The zero-order chi connectivity index (χ0) is 40.1. The van der Waals surface area contributed by atoms with Crippen LogP contribution in [0.4, 0.5) is 0 Å². The number of esters is 1. The number of fused-ring (bicyclic) bond motifs is 5. The molecule has 2 aliphatic heterocycles. The number of carbonyl (C=O) groups excluding carboxylic acids is 4. The minimum Gasteiger partial charge on any atom is -0.462 e. The van der Waals surface area contributed by atoms with E-state index >= 15 is 0 Å². The zero-order valence-corrected chi connectivity index (χ0v) is 33.5. The molecule has 1 saturated heterocycles. The summed E-state index contributed by atoms with van der Waals surface area (Å²) in [5.41, 5.74) is -1.58. The first kappa shape index (κ1) is 39.6. The van der Waals surface area contributed by atoms with Crippen LogP contribution < -0.4 is 20.3 Å². The average Bonchev–Trinajstić information content (AvgIpc) is 3.96. The SMILES string of the molecule is C=C[C@H]1C[C@]1(NC(=O)[C@@H]1C[C@@H]2CN1C(=O)[C@H](C1CCCC1)CC(=O)O[C@@H]1CCC[C@H]1CC/C=C/Cn1c(nc3cc(Cl)ccc3c1=O)O2)C(=O)NS(=O)(=O)C1CC1. The summed E-state index contributed by atoms with van der Waals surface area (Å²) in [5, 5.41) is 2.91. The highest BCUT2D eigenvalue weighted by Gasteiger charge is 2.62. The number of halogens is 1. The molecule has 4 aliphatic carbocycles. The molecule has 16 heteroatoms. The first-order valence-electron chi connectivity index (χ1n) is 20.4. The zero-order valence-electron chi connectivity index (χ0n) is 31.9. The largest absolute Gasteiger partial charge is 0.462 e. The fourth-order valence-electron chi connectivity index (χ4n) is 9.49. The molecule has 306 valence electrons. The van der Waals surface area contributed by atoms with E-state index in [0.29, 0.717) is 28.8 Å². The van der Waals surface area contributed by atoms with Crippen molar-refractivity contribution in [1.82, 2.24) is 24.5 Å². The van der Waals surface area contributed by atoms with E-state index in [1.165, 1.54) is 15.5 Å². The Hall–Kier alpha value is -4.24. The molecule has 7 atom stereocenters. The van der Waals surface area contributed by atoms with Crippen molar-refractivity contribution in [2.24, 2.45) is 23.7 Å². The molecule has 5 fully saturated rings. The topological polar surface area (TPSA) is 183 Å². The van der Waals surface area contributed by atoms with Gasteiger partial charge in [-0.05, 0) is 94.2 Å². The molecule has 3 amide bonds. The van der Waals surface area contributed by atoms with Crippen LogP contribution in [0.15, 0.2) is 47.8 Å². The number of sulfonamides is 1. The van der Waals surface area contributed by atoms with E-state index in [1.807, 2.05) is 12.2 Å². The van der Waals surface area contributed by atoms with E-state index in [4.69, 9.17) is 26.1 Å². The second kappa shape index (κ2) is 15.8. The minimum atomic E-state index is -3.92. The maximum absolute atomic E-state index is 14.9. The lowest BCUT2D eigenvalue weighted by Gasteiger charge is -2.32. The van der Waals surface area contributed by atoms with Crippen molar-refractivity contribution in [2.45, 2.75) is 125 Å². The average molecular weight is 824 g/mol. The summed E-state index contributed by atoms with van der Waals surface area (Å²) >= 11 is 6.30. The van der Waals surface area contributed by atoms with Crippen LogP contribution in [-0.2, 0) is 40.5 Å². The standard InChI is InChI=1S/C41H50ClN5O9S/c1-2-26-22-41(26,39(52)45-57(53,54)29-15-16-29)44-36(49)33-20-28-23-47(33)38(51)31(24-9-5-6-10-24)21-35(48)56-34-13-8-12-25(34)11-4-3-7-18-46-37(50)30-17-14-27(42)19-32(30)43-40(46)55-28/h2-3,7,14,17,19,24-26,28-29,31,33-34H,1,4-6,8-13,15-16,18,20-23H2,(H,44,49)(H,45,52)/b7-3+/t25-,26+,28-,31+,33+,34-,41-/m1/s1. The summed E-state index contributed by atoms with van der Waals surface area (Å²) in [6.07, 6.45) is 12.7. The number of aromatic nitrogens is 2. The number of nitrogens with one attached hydrogen (secondary N) is 2. The van der Waals surface area contributed by atoms with Gasteiger partial charge in [-0.1, -0.05) is 42.7 Å². The van der Waals surface area contributed by atoms with Crippen molar-refractivity contribution in [3.05, 3.63) is 58.4 Å². The molecule has 2 aromatic rings. The number of benzene rings is 1. The number of carbonyl (C=O) groups is 4. The lowest BCUT2D eigenvalue weighted by atomic mass is 9.86. The van der Waals surface area contributed by atoms with Gasteiger partial charge in [0.25, 0.3) is 17.5 Å². The summed E-state index contributed by atoms with van der Waals surface area (Å²) in [4.78, 5) is 76.8. The molecule has 8 rings (SSSR count). The molecule has 0 unspecified atom stereocenters. The van der Waals surface area contributed by atoms with E-state index in [2.05, 4.69) is 16.6 Å². The Kier molecular flexibility index (Phi) is 11.0. The van der Waals surface area contributed by atoms with Gasteiger partial charge in [-0.3, -0.25) is 33.3 Å². The monoisotopic (exact) mass is 823 g/mol. The van der Waals surface area contributed by atoms with Crippen LogP contribution in [0.1, 0.15) is 89.9 Å². The van der Waals surface area contributed by atoms with Crippen molar-refractivity contribution < 1.29 is 37.1 Å². The summed E-state index contributed by atoms with van der Waals surface area (Å²) in [6, 6.07) is 3.66. The Morgan fingerprint density at radius 2 is 1.75 bits per heavy atom. The molecule has 2 bridgehead atoms. The van der Waals surface area contributed by atoms with Gasteiger partial charge in [0.15, 0.2) is 0 Å². The Morgan fingerprint density at radius 3 is 2.49 bits per heavy atom. The number of allylic oxidation sites excluding steroid dienone is 2. The fourth-order valence-corrected chi connectivity index (χ4v) is 11.0. The molecule has 2 N–H and O–H groups in total. The van der Waals surface area contributed by atoms with Crippen LogP contribution in [0, 0.1) is 23.7 Å².